The fraction of sp³-hybridized carbons (Fsp3) is 0.308. The van der Waals surface area contributed by atoms with Gasteiger partial charge in [-0.15, -0.1) is 6.58 Å². The molecule has 2 aliphatic heterocycles. The van der Waals surface area contributed by atoms with E-state index in [1.165, 1.54) is 0 Å². The molecule has 0 aromatic rings. The first-order valence-corrected chi connectivity index (χ1v) is 5.78. The molecule has 0 unspecified atom stereocenters. The monoisotopic (exact) mass is 244 g/mol. The Labute approximate surface area is 104 Å². The van der Waals surface area contributed by atoms with Crippen LogP contribution in [-0.2, 0) is 4.79 Å². The summed E-state index contributed by atoms with van der Waals surface area (Å²) in [4.78, 5) is 24.3. The lowest BCUT2D eigenvalue weighted by molar-refractivity contribution is -0.433. The maximum Gasteiger partial charge on any atom is 0.252 e. The van der Waals surface area contributed by atoms with Gasteiger partial charge in [0.2, 0.25) is 5.91 Å². The molecule has 92 valence electrons. The molecule has 1 spiro atoms. The summed E-state index contributed by atoms with van der Waals surface area (Å²) < 4.78 is 0. The SMILES string of the molecule is C=C[C@@H]1CC2=CC(=O)N3CC=C[C@]23C=C1[N+](=O)[O-]. The summed E-state index contributed by atoms with van der Waals surface area (Å²) >= 11 is 0. The first kappa shape index (κ1) is 11.0. The molecule has 5 nitrogen and oxygen atoms in total. The van der Waals surface area contributed by atoms with Gasteiger partial charge in [-0.25, -0.2) is 0 Å². The van der Waals surface area contributed by atoms with E-state index >= 15 is 0 Å². The zero-order chi connectivity index (χ0) is 12.9. The van der Waals surface area contributed by atoms with Crippen LogP contribution in [0.25, 0.3) is 0 Å². The van der Waals surface area contributed by atoms with Gasteiger partial charge in [-0.1, -0.05) is 18.2 Å². The number of hydrogen-bond acceptors (Lipinski definition) is 3. The van der Waals surface area contributed by atoms with Crippen LogP contribution in [0.15, 0.2) is 48.2 Å². The summed E-state index contributed by atoms with van der Waals surface area (Å²) in [5, 5.41) is 11.1. The second-order valence-electron chi connectivity index (χ2n) is 4.72. The van der Waals surface area contributed by atoms with E-state index in [0.717, 1.165) is 5.57 Å². The van der Waals surface area contributed by atoms with E-state index in [1.54, 1.807) is 23.1 Å². The number of hydrogen-bond donors (Lipinski definition) is 0. The Morgan fingerprint density at radius 2 is 2.39 bits per heavy atom. The molecule has 0 saturated heterocycles. The molecule has 3 rings (SSSR count). The Balaban J connectivity index is 2.17. The minimum Gasteiger partial charge on any atom is -0.319 e. The predicted molar refractivity (Wildman–Crippen MR) is 65.0 cm³/mol. The van der Waals surface area contributed by atoms with Crippen LogP contribution >= 0.6 is 0 Å². The quantitative estimate of drug-likeness (QED) is 0.419. The van der Waals surface area contributed by atoms with Crippen LogP contribution in [0, 0.1) is 16.0 Å². The van der Waals surface area contributed by atoms with Gasteiger partial charge < -0.3 is 4.90 Å². The number of amides is 1. The molecule has 0 bridgehead atoms. The molecular formula is C13H12N2O3. The zero-order valence-electron chi connectivity index (χ0n) is 9.70. The van der Waals surface area contributed by atoms with Crippen molar-refractivity contribution in [1.82, 2.24) is 4.90 Å². The number of carbonyl (C=O) groups excluding carboxylic acids is 1. The van der Waals surface area contributed by atoms with Crippen molar-refractivity contribution in [3.05, 3.63) is 58.3 Å². The lowest BCUT2D eigenvalue weighted by Gasteiger charge is -2.35. The van der Waals surface area contributed by atoms with Crippen LogP contribution in [0.5, 0.6) is 0 Å². The summed E-state index contributed by atoms with van der Waals surface area (Å²) in [5.74, 6) is -0.391. The molecule has 0 fully saturated rings. The van der Waals surface area contributed by atoms with Crippen molar-refractivity contribution in [2.24, 2.45) is 5.92 Å². The summed E-state index contributed by atoms with van der Waals surface area (Å²) in [6.45, 7) is 4.16. The fourth-order valence-electron chi connectivity index (χ4n) is 2.98. The number of rotatable bonds is 2. The fourth-order valence-corrected chi connectivity index (χ4v) is 2.98. The summed E-state index contributed by atoms with van der Waals surface area (Å²) in [7, 11) is 0. The molecule has 1 amide bonds. The Bertz CT molecular complexity index is 559. The largest absolute Gasteiger partial charge is 0.319 e. The van der Waals surface area contributed by atoms with Crippen LogP contribution in [0.3, 0.4) is 0 Å². The molecule has 2 heterocycles. The van der Waals surface area contributed by atoms with Gasteiger partial charge >= 0.3 is 0 Å². The highest BCUT2D eigenvalue weighted by molar-refractivity contribution is 5.95. The second-order valence-corrected chi connectivity index (χ2v) is 4.72. The number of carbonyl (C=O) groups is 1. The minimum atomic E-state index is -0.682. The van der Waals surface area contributed by atoms with Crippen molar-refractivity contribution in [2.75, 3.05) is 6.54 Å². The first-order valence-electron chi connectivity index (χ1n) is 5.78. The van der Waals surface area contributed by atoms with E-state index in [-0.39, 0.29) is 22.4 Å². The average molecular weight is 244 g/mol. The Kier molecular flexibility index (Phi) is 2.08. The van der Waals surface area contributed by atoms with E-state index in [4.69, 9.17) is 0 Å². The number of allylic oxidation sites excluding steroid dienone is 1. The van der Waals surface area contributed by atoms with E-state index in [0.29, 0.717) is 13.0 Å². The Morgan fingerprint density at radius 1 is 1.61 bits per heavy atom. The molecule has 0 aromatic heterocycles. The van der Waals surface area contributed by atoms with Crippen molar-refractivity contribution in [2.45, 2.75) is 12.0 Å². The van der Waals surface area contributed by atoms with Gasteiger partial charge in [0.1, 0.15) is 5.54 Å². The van der Waals surface area contributed by atoms with Gasteiger partial charge in [0.25, 0.3) is 5.70 Å². The summed E-state index contributed by atoms with van der Waals surface area (Å²) in [5.41, 5.74) is 0.379. The van der Waals surface area contributed by atoms with Crippen molar-refractivity contribution in [3.63, 3.8) is 0 Å². The Hall–Kier alpha value is -2.17. The molecular weight excluding hydrogens is 232 g/mol. The average Bonchev–Trinajstić information content (AvgIpc) is 2.85. The molecule has 3 aliphatic rings. The Morgan fingerprint density at radius 3 is 3.06 bits per heavy atom. The minimum absolute atomic E-state index is 0.0707. The van der Waals surface area contributed by atoms with Crippen LogP contribution in [-0.4, -0.2) is 27.8 Å². The molecule has 0 N–H and O–H groups in total. The third-order valence-corrected chi connectivity index (χ3v) is 3.87. The second kappa shape index (κ2) is 3.41. The molecule has 18 heavy (non-hydrogen) atoms. The van der Waals surface area contributed by atoms with Gasteiger partial charge in [-0.3, -0.25) is 14.9 Å². The van der Waals surface area contributed by atoms with Crippen molar-refractivity contribution < 1.29 is 9.72 Å². The zero-order valence-corrected chi connectivity index (χ0v) is 9.70. The lowest BCUT2D eigenvalue weighted by atomic mass is 9.77. The molecule has 2 atom stereocenters. The highest BCUT2D eigenvalue weighted by Crippen LogP contribution is 2.46. The van der Waals surface area contributed by atoms with Crippen molar-refractivity contribution >= 4 is 5.91 Å². The van der Waals surface area contributed by atoms with Crippen LogP contribution in [0.4, 0.5) is 0 Å². The predicted octanol–water partition coefficient (Wildman–Crippen LogP) is 1.43. The maximum atomic E-state index is 11.9. The summed E-state index contributed by atoms with van der Waals surface area (Å²) in [6.07, 6.45) is 9.03. The van der Waals surface area contributed by atoms with Gasteiger partial charge in [-0.05, 0) is 12.0 Å². The smallest absolute Gasteiger partial charge is 0.252 e. The molecule has 0 aromatic carbocycles. The van der Waals surface area contributed by atoms with E-state index in [9.17, 15) is 14.9 Å². The lowest BCUT2D eigenvalue weighted by Crippen LogP contribution is -2.44. The maximum absolute atomic E-state index is 11.9. The normalized spacial score (nSPS) is 32.8. The standard InChI is InChI=1S/C13H12N2O3/c1-2-9-6-10-7-12(16)14-5-3-4-13(10,14)8-11(9)15(17)18/h2-4,7-9H,1,5-6H2/t9-,13+/m1/s1. The molecule has 5 heteroatoms. The van der Waals surface area contributed by atoms with Crippen LogP contribution < -0.4 is 0 Å². The molecule has 0 saturated carbocycles. The molecule has 1 aliphatic carbocycles. The van der Waals surface area contributed by atoms with E-state index in [1.807, 2.05) is 12.2 Å². The third-order valence-electron chi connectivity index (χ3n) is 3.87. The highest BCUT2D eigenvalue weighted by atomic mass is 16.6. The van der Waals surface area contributed by atoms with Crippen molar-refractivity contribution in [1.29, 1.82) is 0 Å². The third kappa shape index (κ3) is 1.19. The highest BCUT2D eigenvalue weighted by Gasteiger charge is 2.51. The van der Waals surface area contributed by atoms with Crippen molar-refractivity contribution in [3.8, 4) is 0 Å². The van der Waals surface area contributed by atoms with Gasteiger partial charge in [0.05, 0.1) is 10.8 Å². The van der Waals surface area contributed by atoms with Gasteiger partial charge in [0, 0.05) is 18.7 Å². The van der Waals surface area contributed by atoms with Gasteiger partial charge in [0.15, 0.2) is 0 Å². The van der Waals surface area contributed by atoms with Gasteiger partial charge in [-0.2, -0.15) is 0 Å². The van der Waals surface area contributed by atoms with Crippen LogP contribution in [0.2, 0.25) is 0 Å². The number of nitro groups is 1. The summed E-state index contributed by atoms with van der Waals surface area (Å²) in [6, 6.07) is 0. The molecule has 0 radical (unpaired) electrons. The van der Waals surface area contributed by atoms with E-state index < -0.39 is 5.54 Å². The van der Waals surface area contributed by atoms with Crippen LogP contribution in [0.1, 0.15) is 6.42 Å². The van der Waals surface area contributed by atoms with E-state index in [2.05, 4.69) is 6.58 Å². The number of nitrogens with zero attached hydrogens (tertiary/aromatic N) is 2. The first-order chi connectivity index (χ1) is 8.58. The topological polar surface area (TPSA) is 63.5 Å².